The number of nitrogens with one attached hydrogen (secondary N) is 1. The first-order chi connectivity index (χ1) is 15.6. The normalized spacial score (nSPS) is 11.1. The third-order valence-electron chi connectivity index (χ3n) is 5.60. The average Bonchev–Trinajstić information content (AvgIpc) is 3.38. The van der Waals surface area contributed by atoms with Crippen molar-refractivity contribution in [2.75, 3.05) is 24.3 Å². The van der Waals surface area contributed by atoms with E-state index in [1.54, 1.807) is 0 Å². The Kier molecular flexibility index (Phi) is 5.11. The molecule has 0 fully saturated rings. The molecule has 6 heteroatoms. The van der Waals surface area contributed by atoms with Gasteiger partial charge in [0.25, 0.3) is 0 Å². The summed E-state index contributed by atoms with van der Waals surface area (Å²) in [6.07, 6.45) is 5.90. The summed E-state index contributed by atoms with van der Waals surface area (Å²) in [4.78, 5) is 6.77. The summed E-state index contributed by atoms with van der Waals surface area (Å²) in [5.74, 6) is 0.818. The summed E-state index contributed by atoms with van der Waals surface area (Å²) < 4.78 is 4.17. The summed E-state index contributed by atoms with van der Waals surface area (Å²) in [7, 11) is 6.03. The van der Waals surface area contributed by atoms with E-state index in [0.29, 0.717) is 0 Å². The molecule has 0 radical (unpaired) electrons. The van der Waals surface area contributed by atoms with Gasteiger partial charge in [-0.1, -0.05) is 36.4 Å². The summed E-state index contributed by atoms with van der Waals surface area (Å²) in [5.41, 5.74) is 6.76. The van der Waals surface area contributed by atoms with Gasteiger partial charge in [-0.2, -0.15) is 5.10 Å². The second-order valence-electron chi connectivity index (χ2n) is 8.20. The molecule has 3 aromatic heterocycles. The summed E-state index contributed by atoms with van der Waals surface area (Å²) in [6, 6.07) is 23.2. The number of fused-ring (bicyclic) bond motifs is 1. The van der Waals surface area contributed by atoms with E-state index in [2.05, 4.69) is 91.7 Å². The lowest BCUT2D eigenvalue weighted by molar-refractivity contribution is 0.767. The molecule has 5 aromatic rings. The Morgan fingerprint density at radius 3 is 2.53 bits per heavy atom. The fourth-order valence-corrected chi connectivity index (χ4v) is 3.96. The number of anilines is 3. The van der Waals surface area contributed by atoms with Crippen molar-refractivity contribution in [2.45, 2.75) is 6.54 Å². The zero-order valence-corrected chi connectivity index (χ0v) is 18.5. The van der Waals surface area contributed by atoms with Gasteiger partial charge in [0.15, 0.2) is 0 Å². The van der Waals surface area contributed by atoms with Gasteiger partial charge in [-0.05, 0) is 29.8 Å². The molecule has 6 nitrogen and oxygen atoms in total. The van der Waals surface area contributed by atoms with Gasteiger partial charge < -0.3 is 14.8 Å². The van der Waals surface area contributed by atoms with Crippen molar-refractivity contribution in [3.05, 3.63) is 90.9 Å². The third kappa shape index (κ3) is 3.95. The van der Waals surface area contributed by atoms with Gasteiger partial charge in [-0.15, -0.1) is 0 Å². The van der Waals surface area contributed by atoms with Crippen LogP contribution in [0.2, 0.25) is 0 Å². The zero-order valence-electron chi connectivity index (χ0n) is 18.5. The van der Waals surface area contributed by atoms with Crippen LogP contribution in [0.3, 0.4) is 0 Å². The summed E-state index contributed by atoms with van der Waals surface area (Å²) in [6.45, 7) is 0.772. The highest BCUT2D eigenvalue weighted by molar-refractivity contribution is 5.88. The van der Waals surface area contributed by atoms with Gasteiger partial charge in [0.1, 0.15) is 5.82 Å². The molecule has 0 saturated carbocycles. The Morgan fingerprint density at radius 2 is 1.78 bits per heavy atom. The largest absolute Gasteiger partial charge is 0.378 e. The van der Waals surface area contributed by atoms with Gasteiger partial charge in [0, 0.05) is 68.5 Å². The molecule has 0 amide bonds. The van der Waals surface area contributed by atoms with Gasteiger partial charge in [0.05, 0.1) is 17.4 Å². The number of benzene rings is 2. The van der Waals surface area contributed by atoms with Crippen molar-refractivity contribution < 1.29 is 0 Å². The Balaban J connectivity index is 1.58. The minimum absolute atomic E-state index is 0.772. The number of hydrogen-bond donors (Lipinski definition) is 1. The highest BCUT2D eigenvalue weighted by Crippen LogP contribution is 2.31. The van der Waals surface area contributed by atoms with Crippen LogP contribution in [0.5, 0.6) is 0 Å². The van der Waals surface area contributed by atoms with E-state index >= 15 is 0 Å². The maximum Gasteiger partial charge on any atom is 0.132 e. The molecule has 5 rings (SSSR count). The highest BCUT2D eigenvalue weighted by Gasteiger charge is 2.14. The fraction of sp³-hybridized carbons (Fsp3) is 0.154. The van der Waals surface area contributed by atoms with Crippen molar-refractivity contribution in [1.29, 1.82) is 0 Å². The zero-order chi connectivity index (χ0) is 22.1. The lowest BCUT2D eigenvalue weighted by Crippen LogP contribution is -2.08. The minimum Gasteiger partial charge on any atom is -0.378 e. The first kappa shape index (κ1) is 19.9. The van der Waals surface area contributed by atoms with Crippen LogP contribution < -0.4 is 10.2 Å². The molecule has 32 heavy (non-hydrogen) atoms. The molecule has 0 saturated heterocycles. The van der Waals surface area contributed by atoms with Gasteiger partial charge in [0.2, 0.25) is 0 Å². The Labute approximate surface area is 187 Å². The molecule has 3 heterocycles. The van der Waals surface area contributed by atoms with E-state index in [9.17, 15) is 0 Å². The maximum absolute atomic E-state index is 4.68. The van der Waals surface area contributed by atoms with Crippen molar-refractivity contribution >= 4 is 28.1 Å². The average molecular weight is 423 g/mol. The van der Waals surface area contributed by atoms with E-state index in [-0.39, 0.29) is 0 Å². The minimum atomic E-state index is 0.772. The molecule has 160 valence electrons. The number of rotatable bonds is 6. The summed E-state index contributed by atoms with van der Waals surface area (Å²) >= 11 is 0. The molecule has 2 aromatic carbocycles. The lowest BCUT2D eigenvalue weighted by Gasteiger charge is -2.14. The van der Waals surface area contributed by atoms with Crippen molar-refractivity contribution in [3.63, 3.8) is 0 Å². The Morgan fingerprint density at radius 1 is 0.938 bits per heavy atom. The van der Waals surface area contributed by atoms with Crippen molar-refractivity contribution in [2.24, 2.45) is 7.05 Å². The Bertz CT molecular complexity index is 1360. The number of nitrogens with zero attached hydrogens (tertiary/aromatic N) is 5. The number of pyridine rings is 1. The fourth-order valence-electron chi connectivity index (χ4n) is 3.96. The first-order valence-corrected chi connectivity index (χ1v) is 10.6. The number of hydrogen-bond acceptors (Lipinski definition) is 4. The number of aryl methyl sites for hydroxylation is 1. The highest BCUT2D eigenvalue weighted by atomic mass is 15.2. The first-order valence-electron chi connectivity index (χ1n) is 10.6. The molecule has 0 unspecified atom stereocenters. The van der Waals surface area contributed by atoms with E-state index in [1.165, 1.54) is 5.56 Å². The van der Waals surface area contributed by atoms with Gasteiger partial charge in [-0.3, -0.25) is 4.68 Å². The molecule has 0 bridgehead atoms. The van der Waals surface area contributed by atoms with Crippen molar-refractivity contribution in [1.82, 2.24) is 19.3 Å². The van der Waals surface area contributed by atoms with E-state index in [1.807, 2.05) is 44.3 Å². The standard InChI is InChI=1S/C26H26N6/c1-30(2)23-11-7-10-22(13-23)29-26-14-25-20(15-27-26)12-24(21-16-28-31(3)18-21)32(25)17-19-8-5-4-6-9-19/h4-16,18H,17H2,1-3H3,(H,27,29). The molecule has 0 aliphatic rings. The van der Waals surface area contributed by atoms with Crippen LogP contribution in [0, 0.1) is 0 Å². The van der Waals surface area contributed by atoms with Gasteiger partial charge >= 0.3 is 0 Å². The molecular formula is C26H26N6. The van der Waals surface area contributed by atoms with Crippen molar-refractivity contribution in [3.8, 4) is 11.3 Å². The molecular weight excluding hydrogens is 396 g/mol. The summed E-state index contributed by atoms with van der Waals surface area (Å²) in [5, 5.41) is 8.95. The van der Waals surface area contributed by atoms with E-state index < -0.39 is 0 Å². The Hall–Kier alpha value is -4.06. The quantitative estimate of drug-likeness (QED) is 0.404. The van der Waals surface area contributed by atoms with Crippen LogP contribution in [0.25, 0.3) is 22.2 Å². The van der Waals surface area contributed by atoms with Crippen LogP contribution in [0.15, 0.2) is 85.3 Å². The number of aromatic nitrogens is 4. The monoisotopic (exact) mass is 422 g/mol. The SMILES string of the molecule is CN(C)c1cccc(Nc2cc3c(cn2)cc(-c2cnn(C)c2)n3Cc2ccccc2)c1. The van der Waals surface area contributed by atoms with Crippen LogP contribution in [-0.4, -0.2) is 33.4 Å². The van der Waals surface area contributed by atoms with Crippen LogP contribution >= 0.6 is 0 Å². The smallest absolute Gasteiger partial charge is 0.132 e. The van der Waals surface area contributed by atoms with E-state index in [0.717, 1.165) is 45.9 Å². The second kappa shape index (κ2) is 8.23. The maximum atomic E-state index is 4.68. The molecule has 1 N–H and O–H groups in total. The van der Waals surface area contributed by atoms with Crippen LogP contribution in [-0.2, 0) is 13.6 Å². The van der Waals surface area contributed by atoms with Crippen LogP contribution in [0.4, 0.5) is 17.2 Å². The van der Waals surface area contributed by atoms with Crippen LogP contribution in [0.1, 0.15) is 5.56 Å². The third-order valence-corrected chi connectivity index (χ3v) is 5.60. The second-order valence-corrected chi connectivity index (χ2v) is 8.20. The molecule has 0 atom stereocenters. The molecule has 0 aliphatic carbocycles. The molecule has 0 spiro atoms. The topological polar surface area (TPSA) is 50.9 Å². The lowest BCUT2D eigenvalue weighted by atomic mass is 10.2. The predicted octanol–water partition coefficient (Wildman–Crippen LogP) is 5.29. The van der Waals surface area contributed by atoms with E-state index in [4.69, 9.17) is 0 Å². The van der Waals surface area contributed by atoms with Gasteiger partial charge in [-0.25, -0.2) is 4.98 Å². The predicted molar refractivity (Wildman–Crippen MR) is 132 cm³/mol. The molecule has 0 aliphatic heterocycles.